The summed E-state index contributed by atoms with van der Waals surface area (Å²) in [6, 6.07) is 1.49. The van der Waals surface area contributed by atoms with Gasteiger partial charge in [0, 0.05) is 30.8 Å². The Morgan fingerprint density at radius 3 is 2.88 bits per heavy atom. The fourth-order valence-corrected chi connectivity index (χ4v) is 2.21. The van der Waals surface area contributed by atoms with E-state index in [1.54, 1.807) is 0 Å². The van der Waals surface area contributed by atoms with Gasteiger partial charge < -0.3 is 10.6 Å². The Labute approximate surface area is 108 Å². The van der Waals surface area contributed by atoms with Crippen LogP contribution in [0.4, 0.5) is 11.4 Å². The van der Waals surface area contributed by atoms with Gasteiger partial charge in [0.15, 0.2) is 0 Å². The second kappa shape index (κ2) is 4.68. The smallest absolute Gasteiger partial charge is 0.294 e. The van der Waals surface area contributed by atoms with E-state index in [-0.39, 0.29) is 16.8 Å². The van der Waals surface area contributed by atoms with Crippen molar-refractivity contribution in [3.05, 3.63) is 31.8 Å². The number of nitrogens with zero attached hydrogens (tertiary/aromatic N) is 1. The van der Waals surface area contributed by atoms with Gasteiger partial charge in [0.2, 0.25) is 0 Å². The summed E-state index contributed by atoms with van der Waals surface area (Å²) < 4.78 is 0. The maximum absolute atomic E-state index is 11.0. The van der Waals surface area contributed by atoms with E-state index < -0.39 is 4.92 Å². The predicted molar refractivity (Wildman–Crippen MR) is 67.9 cm³/mol. The van der Waals surface area contributed by atoms with Crippen LogP contribution in [0.1, 0.15) is 12.5 Å². The quantitative estimate of drug-likeness (QED) is 0.611. The highest BCUT2D eigenvalue weighted by Gasteiger charge is 2.25. The minimum atomic E-state index is -0.454. The van der Waals surface area contributed by atoms with Crippen molar-refractivity contribution in [2.45, 2.75) is 19.5 Å². The maximum Gasteiger partial charge on any atom is 0.294 e. The first-order chi connectivity index (χ1) is 8.00. The highest BCUT2D eigenvalue weighted by atomic mass is 35.5. The number of hydrogen-bond acceptors (Lipinski definition) is 4. The van der Waals surface area contributed by atoms with E-state index in [9.17, 15) is 10.1 Å². The van der Waals surface area contributed by atoms with Crippen LogP contribution in [0.25, 0.3) is 0 Å². The Bertz CT molecular complexity index is 479. The lowest BCUT2D eigenvalue weighted by Gasteiger charge is -2.10. The number of halogens is 2. The molecule has 1 aromatic carbocycles. The van der Waals surface area contributed by atoms with Gasteiger partial charge >= 0.3 is 0 Å². The molecule has 2 N–H and O–H groups in total. The summed E-state index contributed by atoms with van der Waals surface area (Å²) in [5.41, 5.74) is 1.07. The van der Waals surface area contributed by atoms with Gasteiger partial charge in [0.05, 0.1) is 15.0 Å². The Morgan fingerprint density at radius 1 is 1.53 bits per heavy atom. The topological polar surface area (TPSA) is 67.2 Å². The third-order valence-electron chi connectivity index (χ3n) is 2.71. The maximum atomic E-state index is 11.0. The van der Waals surface area contributed by atoms with Crippen molar-refractivity contribution in [3.63, 3.8) is 0 Å². The van der Waals surface area contributed by atoms with E-state index >= 15 is 0 Å². The Morgan fingerprint density at radius 2 is 2.24 bits per heavy atom. The van der Waals surface area contributed by atoms with Gasteiger partial charge in [0.1, 0.15) is 5.69 Å². The molecule has 17 heavy (non-hydrogen) atoms. The fraction of sp³-hybridized carbons (Fsp3) is 0.400. The number of nitrogens with one attached hydrogen (secondary N) is 2. The van der Waals surface area contributed by atoms with Crippen LogP contribution in [-0.2, 0) is 6.54 Å². The molecule has 0 spiro atoms. The molecule has 2 rings (SSSR count). The van der Waals surface area contributed by atoms with Crippen LogP contribution in [0.5, 0.6) is 0 Å². The van der Waals surface area contributed by atoms with Crippen LogP contribution in [-0.4, -0.2) is 17.5 Å². The molecule has 92 valence electrons. The van der Waals surface area contributed by atoms with Crippen molar-refractivity contribution >= 4 is 34.6 Å². The number of rotatable bonds is 1. The van der Waals surface area contributed by atoms with Crippen molar-refractivity contribution in [1.82, 2.24) is 5.32 Å². The van der Waals surface area contributed by atoms with E-state index in [1.807, 2.05) is 6.92 Å². The zero-order chi connectivity index (χ0) is 12.6. The number of fused-ring (bicyclic) bond motifs is 1. The van der Waals surface area contributed by atoms with E-state index in [0.717, 1.165) is 0 Å². The average Bonchev–Trinajstić information content (AvgIpc) is 2.46. The number of nitro groups is 1. The second-order valence-corrected chi connectivity index (χ2v) is 4.75. The molecule has 5 nitrogen and oxygen atoms in total. The Kier molecular flexibility index (Phi) is 3.42. The van der Waals surface area contributed by atoms with Crippen LogP contribution in [0.2, 0.25) is 10.0 Å². The SMILES string of the molecule is C[C@H]1CNc2c([N+](=O)[O-])cc(Cl)c(Cl)c2CN1. The zero-order valence-corrected chi connectivity index (χ0v) is 10.6. The number of benzene rings is 1. The molecule has 0 radical (unpaired) electrons. The van der Waals surface area contributed by atoms with Crippen LogP contribution in [0, 0.1) is 10.1 Å². The molecule has 0 aliphatic carbocycles. The molecule has 1 aliphatic heterocycles. The lowest BCUT2D eigenvalue weighted by molar-refractivity contribution is -0.384. The minimum absolute atomic E-state index is 0.0368. The van der Waals surface area contributed by atoms with Gasteiger partial charge in [-0.2, -0.15) is 0 Å². The molecule has 0 aromatic heterocycles. The predicted octanol–water partition coefficient (Wildman–Crippen LogP) is 2.81. The molecule has 1 aromatic rings. The van der Waals surface area contributed by atoms with Gasteiger partial charge in [-0.1, -0.05) is 23.2 Å². The van der Waals surface area contributed by atoms with Crippen molar-refractivity contribution in [3.8, 4) is 0 Å². The third kappa shape index (κ3) is 2.31. The van der Waals surface area contributed by atoms with Crippen molar-refractivity contribution in [1.29, 1.82) is 0 Å². The molecule has 1 atom stereocenters. The molecular weight excluding hydrogens is 265 g/mol. The summed E-state index contributed by atoms with van der Waals surface area (Å²) in [6.07, 6.45) is 0. The summed E-state index contributed by atoms with van der Waals surface area (Å²) in [5.74, 6) is 0. The summed E-state index contributed by atoms with van der Waals surface area (Å²) in [4.78, 5) is 10.5. The molecule has 0 bridgehead atoms. The molecular formula is C10H11Cl2N3O2. The van der Waals surface area contributed by atoms with Gasteiger partial charge in [-0.3, -0.25) is 10.1 Å². The monoisotopic (exact) mass is 275 g/mol. The van der Waals surface area contributed by atoms with E-state index in [0.29, 0.717) is 29.4 Å². The van der Waals surface area contributed by atoms with Crippen molar-refractivity contribution in [2.75, 3.05) is 11.9 Å². The molecule has 1 aliphatic rings. The largest absolute Gasteiger partial charge is 0.378 e. The molecule has 0 saturated heterocycles. The molecule has 7 heteroatoms. The Balaban J connectivity index is 2.59. The van der Waals surface area contributed by atoms with Gasteiger partial charge in [-0.15, -0.1) is 0 Å². The van der Waals surface area contributed by atoms with Gasteiger partial charge in [0.25, 0.3) is 5.69 Å². The highest BCUT2D eigenvalue weighted by Crippen LogP contribution is 2.39. The lowest BCUT2D eigenvalue weighted by Crippen LogP contribution is -2.29. The summed E-state index contributed by atoms with van der Waals surface area (Å²) in [7, 11) is 0. The minimum Gasteiger partial charge on any atom is -0.378 e. The molecule has 0 unspecified atom stereocenters. The van der Waals surface area contributed by atoms with Crippen LogP contribution in [0.3, 0.4) is 0 Å². The average molecular weight is 276 g/mol. The molecule has 1 heterocycles. The summed E-state index contributed by atoms with van der Waals surface area (Å²) in [6.45, 7) is 3.05. The van der Waals surface area contributed by atoms with Gasteiger partial charge in [-0.25, -0.2) is 0 Å². The van der Waals surface area contributed by atoms with Crippen LogP contribution in [0.15, 0.2) is 6.07 Å². The summed E-state index contributed by atoms with van der Waals surface area (Å²) >= 11 is 12.0. The third-order valence-corrected chi connectivity index (χ3v) is 3.53. The first-order valence-electron chi connectivity index (χ1n) is 5.13. The zero-order valence-electron chi connectivity index (χ0n) is 9.09. The first-order valence-corrected chi connectivity index (χ1v) is 5.88. The van der Waals surface area contributed by atoms with Crippen LogP contribution < -0.4 is 10.6 Å². The van der Waals surface area contributed by atoms with E-state index in [2.05, 4.69) is 10.6 Å². The normalized spacial score (nSPS) is 19.1. The summed E-state index contributed by atoms with van der Waals surface area (Å²) in [5, 5.41) is 17.8. The second-order valence-electron chi connectivity index (χ2n) is 3.97. The van der Waals surface area contributed by atoms with E-state index in [4.69, 9.17) is 23.2 Å². The Hall–Kier alpha value is -1.04. The first kappa shape index (κ1) is 12.4. The number of anilines is 1. The van der Waals surface area contributed by atoms with Crippen LogP contribution >= 0.6 is 23.2 Å². The molecule has 0 amide bonds. The lowest BCUT2D eigenvalue weighted by atomic mass is 10.1. The number of hydrogen-bond donors (Lipinski definition) is 2. The standard InChI is InChI=1S/C10H11Cl2N3O2/c1-5-3-14-10-6(4-13-5)9(12)7(11)2-8(10)15(16)17/h2,5,13-14H,3-4H2,1H3/t5-/m0/s1. The van der Waals surface area contributed by atoms with Crippen molar-refractivity contribution in [2.24, 2.45) is 0 Å². The highest BCUT2D eigenvalue weighted by molar-refractivity contribution is 6.43. The molecule has 0 saturated carbocycles. The molecule has 0 fully saturated rings. The van der Waals surface area contributed by atoms with E-state index in [1.165, 1.54) is 6.07 Å². The van der Waals surface area contributed by atoms with Crippen molar-refractivity contribution < 1.29 is 4.92 Å². The fourth-order valence-electron chi connectivity index (χ4n) is 1.77. The van der Waals surface area contributed by atoms with Gasteiger partial charge in [-0.05, 0) is 6.92 Å². The number of nitro benzene ring substituents is 1.